The Bertz CT molecular complexity index is 406. The molecule has 3 nitrogen and oxygen atoms in total. The number of halogens is 2. The molecule has 1 rings (SSSR count). The van der Waals surface area contributed by atoms with Gasteiger partial charge in [-0.2, -0.15) is 0 Å². The third-order valence-corrected chi connectivity index (χ3v) is 4.03. The number of hydrogen-bond acceptors (Lipinski definition) is 3. The Morgan fingerprint density at radius 3 is 2.32 bits per heavy atom. The summed E-state index contributed by atoms with van der Waals surface area (Å²) in [7, 11) is 1.81. The molecule has 0 unspecified atom stereocenters. The highest BCUT2D eigenvalue weighted by atomic mass is 35.5. The topological polar surface area (TPSA) is 28.2 Å². The van der Waals surface area contributed by atoms with Crippen LogP contribution in [0.25, 0.3) is 0 Å². The van der Waals surface area contributed by atoms with Gasteiger partial charge in [0.15, 0.2) is 0 Å². The Kier molecular flexibility index (Phi) is 6.73. The lowest BCUT2D eigenvalue weighted by Crippen LogP contribution is -2.30. The average Bonchev–Trinajstić information content (AvgIpc) is 2.41. The molecule has 1 aromatic heterocycles. The molecule has 1 heterocycles. The first kappa shape index (κ1) is 16.4. The maximum atomic E-state index is 6.29. The van der Waals surface area contributed by atoms with Gasteiger partial charge >= 0.3 is 0 Å². The molecule has 0 fully saturated rings. The van der Waals surface area contributed by atoms with Crippen LogP contribution in [0.15, 0.2) is 6.07 Å². The van der Waals surface area contributed by atoms with Gasteiger partial charge < -0.3 is 10.2 Å². The number of nitrogens with zero attached hydrogens (tertiary/aromatic N) is 2. The smallest absolute Gasteiger partial charge is 0.149 e. The van der Waals surface area contributed by atoms with E-state index >= 15 is 0 Å². The Balaban J connectivity index is 3.03. The van der Waals surface area contributed by atoms with Crippen LogP contribution in [0.5, 0.6) is 0 Å². The van der Waals surface area contributed by atoms with Crippen LogP contribution < -0.4 is 10.2 Å². The zero-order valence-corrected chi connectivity index (χ0v) is 13.6. The third kappa shape index (κ3) is 4.15. The maximum absolute atomic E-state index is 6.29. The summed E-state index contributed by atoms with van der Waals surface area (Å²) >= 11 is 12.4. The van der Waals surface area contributed by atoms with E-state index in [1.54, 1.807) is 6.07 Å². The fraction of sp³-hybridized carbons (Fsp3) is 0.643. The molecular formula is C14H23Cl2N3. The molecule has 19 heavy (non-hydrogen) atoms. The van der Waals surface area contributed by atoms with Crippen molar-refractivity contribution >= 4 is 34.8 Å². The first-order valence-electron chi connectivity index (χ1n) is 6.85. The van der Waals surface area contributed by atoms with E-state index < -0.39 is 0 Å². The van der Waals surface area contributed by atoms with Crippen molar-refractivity contribution in [2.24, 2.45) is 5.92 Å². The van der Waals surface area contributed by atoms with E-state index in [1.807, 2.05) is 7.05 Å². The molecule has 0 saturated carbocycles. The Morgan fingerprint density at radius 1 is 1.21 bits per heavy atom. The number of rotatable bonds is 7. The van der Waals surface area contributed by atoms with Crippen molar-refractivity contribution in [1.82, 2.24) is 4.98 Å². The van der Waals surface area contributed by atoms with Crippen molar-refractivity contribution in [3.05, 3.63) is 16.1 Å². The maximum Gasteiger partial charge on any atom is 0.149 e. The largest absolute Gasteiger partial charge is 0.372 e. The number of hydrogen-bond donors (Lipinski definition) is 1. The molecule has 0 aliphatic rings. The van der Waals surface area contributed by atoms with E-state index in [-0.39, 0.29) is 0 Å². The highest BCUT2D eigenvalue weighted by molar-refractivity contribution is 6.37. The molecule has 0 amide bonds. The summed E-state index contributed by atoms with van der Waals surface area (Å²) in [5.41, 5.74) is 0. The molecule has 0 aromatic carbocycles. The zero-order valence-electron chi connectivity index (χ0n) is 12.1. The van der Waals surface area contributed by atoms with Gasteiger partial charge in [-0.1, -0.05) is 49.9 Å². The van der Waals surface area contributed by atoms with Crippen molar-refractivity contribution in [3.63, 3.8) is 0 Å². The molecule has 5 heteroatoms. The summed E-state index contributed by atoms with van der Waals surface area (Å²) in [5.74, 6) is 2.14. The van der Waals surface area contributed by atoms with Crippen molar-refractivity contribution in [1.29, 1.82) is 0 Å². The minimum Gasteiger partial charge on any atom is -0.372 e. The van der Waals surface area contributed by atoms with Crippen LogP contribution in [0.3, 0.4) is 0 Å². The second-order valence-electron chi connectivity index (χ2n) is 4.60. The second-order valence-corrected chi connectivity index (χ2v) is 5.41. The molecule has 1 N–H and O–H groups in total. The molecule has 0 aliphatic carbocycles. The van der Waals surface area contributed by atoms with Crippen LogP contribution in [0.2, 0.25) is 10.0 Å². The van der Waals surface area contributed by atoms with E-state index in [9.17, 15) is 0 Å². The summed E-state index contributed by atoms with van der Waals surface area (Å²) in [4.78, 5) is 6.75. The molecule has 0 bridgehead atoms. The van der Waals surface area contributed by atoms with Gasteiger partial charge in [-0.25, -0.2) is 4.98 Å². The standard InChI is InChI=1S/C14H23Cl2N3/c1-5-10(6-2)9-19(7-3)14-12(16)8-11(15)13(17-4)18-14/h8,10H,5-7,9H2,1-4H3,(H,17,18). The van der Waals surface area contributed by atoms with Crippen molar-refractivity contribution in [3.8, 4) is 0 Å². The summed E-state index contributed by atoms with van der Waals surface area (Å²) in [6.45, 7) is 8.42. The van der Waals surface area contributed by atoms with Gasteiger partial charge in [0.2, 0.25) is 0 Å². The predicted octanol–water partition coefficient (Wildman–Crippen LogP) is 4.69. The molecule has 0 aliphatic heterocycles. The first-order chi connectivity index (χ1) is 9.07. The van der Waals surface area contributed by atoms with Crippen LogP contribution >= 0.6 is 23.2 Å². The van der Waals surface area contributed by atoms with Crippen LogP contribution in [0.4, 0.5) is 11.6 Å². The van der Waals surface area contributed by atoms with Crippen molar-refractivity contribution < 1.29 is 0 Å². The second kappa shape index (κ2) is 7.81. The van der Waals surface area contributed by atoms with Gasteiger partial charge in [0.1, 0.15) is 11.6 Å². The van der Waals surface area contributed by atoms with Gasteiger partial charge in [-0.15, -0.1) is 0 Å². The SMILES string of the molecule is CCC(CC)CN(CC)c1nc(NC)c(Cl)cc1Cl. The van der Waals surface area contributed by atoms with Gasteiger partial charge in [0, 0.05) is 20.1 Å². The number of nitrogens with one attached hydrogen (secondary N) is 1. The lowest BCUT2D eigenvalue weighted by atomic mass is 10.0. The highest BCUT2D eigenvalue weighted by Crippen LogP contribution is 2.31. The van der Waals surface area contributed by atoms with Crippen molar-refractivity contribution in [2.45, 2.75) is 33.6 Å². The average molecular weight is 304 g/mol. The summed E-state index contributed by atoms with van der Waals surface area (Å²) in [6.07, 6.45) is 2.33. The molecule has 0 saturated heterocycles. The van der Waals surface area contributed by atoms with Gasteiger partial charge in [0.25, 0.3) is 0 Å². The third-order valence-electron chi connectivity index (χ3n) is 3.46. The number of aromatic nitrogens is 1. The fourth-order valence-electron chi connectivity index (χ4n) is 2.08. The van der Waals surface area contributed by atoms with E-state index in [4.69, 9.17) is 23.2 Å². The summed E-state index contributed by atoms with van der Waals surface area (Å²) in [6, 6.07) is 1.76. The lowest BCUT2D eigenvalue weighted by molar-refractivity contribution is 0.484. The Hall–Kier alpha value is -0.670. The highest BCUT2D eigenvalue weighted by Gasteiger charge is 2.16. The monoisotopic (exact) mass is 303 g/mol. The van der Waals surface area contributed by atoms with Gasteiger partial charge in [-0.3, -0.25) is 0 Å². The lowest BCUT2D eigenvalue weighted by Gasteiger charge is -2.27. The number of pyridine rings is 1. The van der Waals surface area contributed by atoms with E-state index in [0.717, 1.165) is 31.7 Å². The van der Waals surface area contributed by atoms with Crippen LogP contribution in [-0.2, 0) is 0 Å². The van der Waals surface area contributed by atoms with E-state index in [1.165, 1.54) is 0 Å². The Morgan fingerprint density at radius 2 is 1.84 bits per heavy atom. The van der Waals surface area contributed by atoms with Crippen LogP contribution in [-0.4, -0.2) is 25.1 Å². The van der Waals surface area contributed by atoms with Crippen LogP contribution in [0, 0.1) is 5.92 Å². The molecule has 0 spiro atoms. The van der Waals surface area contributed by atoms with Crippen LogP contribution in [0.1, 0.15) is 33.6 Å². The number of anilines is 2. The molecular weight excluding hydrogens is 281 g/mol. The molecule has 0 atom stereocenters. The fourth-order valence-corrected chi connectivity index (χ4v) is 2.65. The van der Waals surface area contributed by atoms with Gasteiger partial charge in [0.05, 0.1) is 10.0 Å². The minimum absolute atomic E-state index is 0.551. The zero-order chi connectivity index (χ0) is 14.4. The predicted molar refractivity (Wildman–Crippen MR) is 85.8 cm³/mol. The normalized spacial score (nSPS) is 10.9. The molecule has 0 radical (unpaired) electrons. The van der Waals surface area contributed by atoms with E-state index in [2.05, 4.69) is 36.0 Å². The first-order valence-corrected chi connectivity index (χ1v) is 7.61. The van der Waals surface area contributed by atoms with Gasteiger partial charge in [-0.05, 0) is 18.9 Å². The summed E-state index contributed by atoms with van der Waals surface area (Å²) < 4.78 is 0. The summed E-state index contributed by atoms with van der Waals surface area (Å²) in [5, 5.41) is 4.15. The molecule has 108 valence electrons. The molecule has 1 aromatic rings. The van der Waals surface area contributed by atoms with E-state index in [0.29, 0.717) is 21.8 Å². The van der Waals surface area contributed by atoms with Crippen molar-refractivity contribution in [2.75, 3.05) is 30.4 Å². The minimum atomic E-state index is 0.551. The Labute approximate surface area is 126 Å². The quantitative estimate of drug-likeness (QED) is 0.792.